The monoisotopic (exact) mass is 960 g/mol. The van der Waals surface area contributed by atoms with E-state index >= 15 is 0 Å². The van der Waals surface area contributed by atoms with Crippen molar-refractivity contribution in [2.45, 2.75) is 131 Å². The molecule has 0 radical (unpaired) electrons. The highest BCUT2D eigenvalue weighted by molar-refractivity contribution is 9.11. The van der Waals surface area contributed by atoms with Crippen molar-refractivity contribution in [1.82, 2.24) is 0 Å². The highest BCUT2D eigenvalue weighted by atomic mass is 79.9. The Labute approximate surface area is 345 Å². The van der Waals surface area contributed by atoms with Gasteiger partial charge in [-0.2, -0.15) is 0 Å². The van der Waals surface area contributed by atoms with Crippen LogP contribution in [0.4, 0.5) is 0 Å². The molecule has 0 aromatic heterocycles. The second-order valence-electron chi connectivity index (χ2n) is 17.8. The number of ether oxygens (including phenoxy) is 4. The molecule has 5 rings (SSSR count). The summed E-state index contributed by atoms with van der Waals surface area (Å²) in [5.74, 6) is 3.52. The summed E-state index contributed by atoms with van der Waals surface area (Å²) in [5.41, 5.74) is 6.86. The fourth-order valence-corrected chi connectivity index (χ4v) is 8.68. The zero-order valence-electron chi connectivity index (χ0n) is 32.6. The molecule has 0 N–H and O–H groups in total. The Hall–Kier alpha value is -2.00. The number of benzene rings is 4. The summed E-state index contributed by atoms with van der Waals surface area (Å²) in [4.78, 5) is 0. The van der Waals surface area contributed by atoms with Crippen LogP contribution in [0.2, 0.25) is 0 Å². The van der Waals surface area contributed by atoms with E-state index in [9.17, 15) is 0 Å². The average Bonchev–Trinajstić information content (AvgIpc) is 2.93. The largest absolute Gasteiger partial charge is 0.488 e. The number of halogens is 4. The van der Waals surface area contributed by atoms with Crippen molar-refractivity contribution < 1.29 is 18.9 Å². The van der Waals surface area contributed by atoms with Crippen LogP contribution in [-0.4, -0.2) is 22.4 Å². The van der Waals surface area contributed by atoms with Gasteiger partial charge in [-0.1, -0.05) is 63.7 Å². The molecule has 52 heavy (non-hydrogen) atoms. The van der Waals surface area contributed by atoms with E-state index in [1.807, 2.05) is 0 Å². The Balaban J connectivity index is 1.92. The molecule has 0 spiro atoms. The summed E-state index contributed by atoms with van der Waals surface area (Å²) in [5, 5.41) is 0. The molecule has 0 fully saturated rings. The fourth-order valence-electron chi connectivity index (χ4n) is 6.47. The van der Waals surface area contributed by atoms with Crippen LogP contribution in [0.1, 0.15) is 128 Å². The van der Waals surface area contributed by atoms with Crippen molar-refractivity contribution in [3.8, 4) is 23.0 Å². The van der Waals surface area contributed by atoms with E-state index in [0.717, 1.165) is 85.4 Å². The molecule has 8 heteroatoms. The van der Waals surface area contributed by atoms with E-state index in [2.05, 4.69) is 195 Å². The maximum absolute atomic E-state index is 6.91. The second-order valence-corrected chi connectivity index (χ2v) is 21.4. The fraction of sp³-hybridized carbons (Fsp3) is 0.455. The third kappa shape index (κ3) is 11.0. The molecule has 280 valence electrons. The summed E-state index contributed by atoms with van der Waals surface area (Å²) in [7, 11) is 0. The zero-order chi connectivity index (χ0) is 38.6. The van der Waals surface area contributed by atoms with Crippen LogP contribution in [0.5, 0.6) is 23.0 Å². The van der Waals surface area contributed by atoms with Gasteiger partial charge in [0, 0.05) is 88.1 Å². The van der Waals surface area contributed by atoms with Crippen molar-refractivity contribution in [2.75, 3.05) is 0 Å². The minimum absolute atomic E-state index is 0.432. The second kappa shape index (κ2) is 15.3. The van der Waals surface area contributed by atoms with Gasteiger partial charge in [0.15, 0.2) is 0 Å². The lowest BCUT2D eigenvalue weighted by Crippen LogP contribution is -2.26. The Bertz CT molecular complexity index is 1590. The molecule has 0 amide bonds. The smallest absolute Gasteiger partial charge is 0.127 e. The van der Waals surface area contributed by atoms with Gasteiger partial charge in [0.1, 0.15) is 45.4 Å². The molecule has 0 saturated heterocycles. The lowest BCUT2D eigenvalue weighted by atomic mass is 9.91. The average molecular weight is 965 g/mol. The van der Waals surface area contributed by atoms with E-state index < -0.39 is 22.4 Å². The molecule has 1 aliphatic carbocycles. The first-order valence-electron chi connectivity index (χ1n) is 17.8. The van der Waals surface area contributed by atoms with Gasteiger partial charge in [0.25, 0.3) is 0 Å². The van der Waals surface area contributed by atoms with Gasteiger partial charge >= 0.3 is 0 Å². The van der Waals surface area contributed by atoms with Crippen LogP contribution in [0.25, 0.3) is 0 Å². The summed E-state index contributed by atoms with van der Waals surface area (Å²) >= 11 is 15.6. The van der Waals surface area contributed by atoms with Crippen LogP contribution in [0, 0.1) is 0 Å². The Morgan fingerprint density at radius 3 is 0.558 bits per heavy atom. The summed E-state index contributed by atoms with van der Waals surface area (Å²) in [6.07, 6.45) is 2.39. The first kappa shape index (κ1) is 41.2. The molecule has 8 bridgehead atoms. The third-order valence-electron chi connectivity index (χ3n) is 7.99. The van der Waals surface area contributed by atoms with Crippen LogP contribution in [-0.2, 0) is 25.7 Å². The maximum atomic E-state index is 6.91. The van der Waals surface area contributed by atoms with E-state index in [0.29, 0.717) is 25.7 Å². The van der Waals surface area contributed by atoms with Gasteiger partial charge < -0.3 is 18.9 Å². The lowest BCUT2D eigenvalue weighted by molar-refractivity contribution is 0.125. The highest BCUT2D eigenvalue weighted by Crippen LogP contribution is 2.44. The number of hydrogen-bond acceptors (Lipinski definition) is 4. The SMILES string of the molecule is CC(C)(C)Oc1c2cc(Br)cc1Cc1cc(Br)cc(c1OC(C)(C)C)Cc1cc(Br)cc(c1OC(C)(C)C)Cc1cc(Br)cc(c1OC(C)(C)C)C2. The van der Waals surface area contributed by atoms with Crippen molar-refractivity contribution >= 4 is 63.7 Å². The summed E-state index contributed by atoms with van der Waals surface area (Å²) in [6, 6.07) is 17.5. The van der Waals surface area contributed by atoms with Crippen molar-refractivity contribution in [2.24, 2.45) is 0 Å². The van der Waals surface area contributed by atoms with Crippen LogP contribution < -0.4 is 18.9 Å². The molecule has 4 nitrogen and oxygen atoms in total. The number of hydrogen-bond donors (Lipinski definition) is 0. The standard InChI is InChI=1S/C44H52Br4O4/c1-41(2,3)49-37-25-13-27-19-34(46)21-29(38(27)50-42(4,5)6)15-31-23-36(48)24-32(40(31)52-44(10,11)12)16-30-22-35(47)20-28(39(30)51-43(7,8)9)14-26(37)18-33(45)17-25/h17-24H,13-16H2,1-12H3. The molecule has 0 saturated carbocycles. The van der Waals surface area contributed by atoms with Crippen molar-refractivity contribution in [3.05, 3.63) is 111 Å². The summed E-state index contributed by atoms with van der Waals surface area (Å²) in [6.45, 7) is 25.3. The van der Waals surface area contributed by atoms with Crippen molar-refractivity contribution in [1.29, 1.82) is 0 Å². The molecule has 1 aliphatic rings. The maximum Gasteiger partial charge on any atom is 0.127 e. The molecular formula is C44H52Br4O4. The minimum Gasteiger partial charge on any atom is -0.488 e. The number of rotatable bonds is 4. The molecule has 0 heterocycles. The highest BCUT2D eigenvalue weighted by Gasteiger charge is 2.28. The molecular weight excluding hydrogens is 912 g/mol. The molecule has 0 aliphatic heterocycles. The lowest BCUT2D eigenvalue weighted by Gasteiger charge is -2.30. The van der Waals surface area contributed by atoms with Crippen LogP contribution in [0.3, 0.4) is 0 Å². The minimum atomic E-state index is -0.432. The Morgan fingerprint density at radius 1 is 0.308 bits per heavy atom. The third-order valence-corrected chi connectivity index (χ3v) is 9.82. The first-order chi connectivity index (χ1) is 23.8. The van der Waals surface area contributed by atoms with Crippen molar-refractivity contribution in [3.63, 3.8) is 0 Å². The summed E-state index contributed by atoms with van der Waals surface area (Å²) < 4.78 is 31.6. The number of fused-ring (bicyclic) bond motifs is 8. The Morgan fingerprint density at radius 2 is 0.442 bits per heavy atom. The molecule has 0 unspecified atom stereocenters. The normalized spacial score (nSPS) is 13.8. The Kier molecular flexibility index (Phi) is 12.1. The quantitative estimate of drug-likeness (QED) is 0.180. The molecule has 0 atom stereocenters. The molecule has 4 aromatic rings. The van der Waals surface area contributed by atoms with Gasteiger partial charge in [-0.25, -0.2) is 0 Å². The van der Waals surface area contributed by atoms with Crippen LogP contribution >= 0.6 is 63.7 Å². The van der Waals surface area contributed by atoms with E-state index in [1.54, 1.807) is 0 Å². The van der Waals surface area contributed by atoms with Gasteiger partial charge in [-0.3, -0.25) is 0 Å². The van der Waals surface area contributed by atoms with E-state index in [-0.39, 0.29) is 0 Å². The van der Waals surface area contributed by atoms with Gasteiger partial charge in [0.2, 0.25) is 0 Å². The van der Waals surface area contributed by atoms with Gasteiger partial charge in [-0.05, 0) is 132 Å². The molecule has 4 aromatic carbocycles. The predicted octanol–water partition coefficient (Wildman–Crippen LogP) is 14.1. The predicted molar refractivity (Wildman–Crippen MR) is 229 cm³/mol. The van der Waals surface area contributed by atoms with E-state index in [4.69, 9.17) is 18.9 Å². The van der Waals surface area contributed by atoms with Gasteiger partial charge in [0.05, 0.1) is 0 Å². The van der Waals surface area contributed by atoms with Gasteiger partial charge in [-0.15, -0.1) is 0 Å². The zero-order valence-corrected chi connectivity index (χ0v) is 38.9. The van der Waals surface area contributed by atoms with E-state index in [1.165, 1.54) is 0 Å². The van der Waals surface area contributed by atoms with Crippen LogP contribution in [0.15, 0.2) is 66.4 Å². The topological polar surface area (TPSA) is 36.9 Å². The first-order valence-corrected chi connectivity index (χ1v) is 21.0.